The van der Waals surface area contributed by atoms with Gasteiger partial charge in [-0.3, -0.25) is 0 Å². The van der Waals surface area contributed by atoms with Gasteiger partial charge in [0, 0.05) is 5.56 Å². The maximum Gasteiger partial charge on any atom is 0.141 e. The van der Waals surface area contributed by atoms with Crippen molar-refractivity contribution in [1.82, 2.24) is 9.55 Å². The van der Waals surface area contributed by atoms with Crippen LogP contribution in [0.2, 0.25) is 0 Å². The number of benzene rings is 2. The normalized spacial score (nSPS) is 10.9. The first-order valence-corrected chi connectivity index (χ1v) is 7.80. The first-order valence-electron chi connectivity index (χ1n) is 7.40. The molecule has 118 valence electrons. The molecule has 0 atom stereocenters. The predicted molar refractivity (Wildman–Crippen MR) is 98.0 cm³/mol. The molecule has 1 aromatic heterocycles. The van der Waals surface area contributed by atoms with Crippen molar-refractivity contribution in [2.75, 3.05) is 7.11 Å². The molecule has 3 rings (SSSR count). The average Bonchev–Trinajstić information content (AvgIpc) is 2.85. The number of nitrogens with zero attached hydrogens (tertiary/aromatic N) is 2. The standard InChI is InChI=1S/C18H19N3OS/c1-11-7-15-16(8-12(11)2)21(10-17(19)23)18(20-15)13-5-4-6-14(9-13)22-3/h4-9H,10H2,1-3H3,(H2,19,23). The summed E-state index contributed by atoms with van der Waals surface area (Å²) >= 11 is 5.13. The summed E-state index contributed by atoms with van der Waals surface area (Å²) in [5, 5.41) is 0. The Labute approximate surface area is 140 Å². The fourth-order valence-electron chi connectivity index (χ4n) is 2.68. The smallest absolute Gasteiger partial charge is 0.141 e. The summed E-state index contributed by atoms with van der Waals surface area (Å²) in [7, 11) is 1.66. The Kier molecular flexibility index (Phi) is 4.05. The molecule has 0 saturated carbocycles. The zero-order chi connectivity index (χ0) is 16.6. The lowest BCUT2D eigenvalue weighted by Gasteiger charge is -2.10. The van der Waals surface area contributed by atoms with Gasteiger partial charge in [-0.1, -0.05) is 24.4 Å². The molecule has 3 aromatic rings. The number of hydrogen-bond acceptors (Lipinski definition) is 3. The van der Waals surface area contributed by atoms with Crippen molar-refractivity contribution in [3.8, 4) is 17.1 Å². The lowest BCUT2D eigenvalue weighted by Crippen LogP contribution is -2.17. The van der Waals surface area contributed by atoms with Crippen molar-refractivity contribution in [3.05, 3.63) is 47.5 Å². The molecule has 0 aliphatic rings. The molecule has 0 radical (unpaired) electrons. The van der Waals surface area contributed by atoms with Crippen molar-refractivity contribution in [2.24, 2.45) is 5.73 Å². The van der Waals surface area contributed by atoms with Gasteiger partial charge in [-0.15, -0.1) is 0 Å². The van der Waals surface area contributed by atoms with Crippen molar-refractivity contribution in [1.29, 1.82) is 0 Å². The molecule has 0 unspecified atom stereocenters. The largest absolute Gasteiger partial charge is 0.497 e. The van der Waals surface area contributed by atoms with E-state index in [0.717, 1.165) is 28.2 Å². The minimum Gasteiger partial charge on any atom is -0.497 e. The number of thiocarbonyl (C=S) groups is 1. The minimum absolute atomic E-state index is 0.437. The molecular weight excluding hydrogens is 306 g/mol. The molecule has 4 nitrogen and oxygen atoms in total. The van der Waals surface area contributed by atoms with E-state index in [1.165, 1.54) is 11.1 Å². The highest BCUT2D eigenvalue weighted by molar-refractivity contribution is 7.80. The lowest BCUT2D eigenvalue weighted by atomic mass is 10.1. The third kappa shape index (κ3) is 2.92. The van der Waals surface area contributed by atoms with Crippen LogP contribution in [-0.2, 0) is 6.54 Å². The Bertz CT molecular complexity index is 899. The number of nitrogens with two attached hydrogens (primary N) is 1. The van der Waals surface area contributed by atoms with Gasteiger partial charge in [0.15, 0.2) is 0 Å². The number of aromatic nitrogens is 2. The number of ether oxygens (including phenoxy) is 1. The summed E-state index contributed by atoms with van der Waals surface area (Å²) in [5.74, 6) is 1.64. The number of imidazole rings is 1. The molecular formula is C18H19N3OS. The van der Waals surface area contributed by atoms with Gasteiger partial charge in [-0.2, -0.15) is 0 Å². The van der Waals surface area contributed by atoms with Crippen molar-refractivity contribution in [2.45, 2.75) is 20.4 Å². The van der Waals surface area contributed by atoms with E-state index in [-0.39, 0.29) is 0 Å². The lowest BCUT2D eigenvalue weighted by molar-refractivity contribution is 0.415. The van der Waals surface area contributed by atoms with Crippen molar-refractivity contribution >= 4 is 28.2 Å². The van der Waals surface area contributed by atoms with Gasteiger partial charge >= 0.3 is 0 Å². The van der Waals surface area contributed by atoms with Crippen molar-refractivity contribution < 1.29 is 4.74 Å². The maximum absolute atomic E-state index is 5.80. The monoisotopic (exact) mass is 325 g/mol. The van der Waals surface area contributed by atoms with E-state index < -0.39 is 0 Å². The number of methoxy groups -OCH3 is 1. The molecule has 0 aliphatic heterocycles. The van der Waals surface area contributed by atoms with Crippen LogP contribution in [0.15, 0.2) is 36.4 Å². The molecule has 0 fully saturated rings. The molecule has 2 N–H and O–H groups in total. The summed E-state index contributed by atoms with van der Waals surface area (Å²) in [6.45, 7) is 4.64. The second-order valence-electron chi connectivity index (χ2n) is 5.65. The van der Waals surface area contributed by atoms with Gasteiger partial charge in [-0.05, 0) is 49.2 Å². The zero-order valence-electron chi connectivity index (χ0n) is 13.5. The third-order valence-corrected chi connectivity index (χ3v) is 4.13. The Balaban J connectivity index is 2.27. The van der Waals surface area contributed by atoms with Crippen LogP contribution in [0, 0.1) is 13.8 Å². The second kappa shape index (κ2) is 6.01. The van der Waals surface area contributed by atoms with E-state index in [9.17, 15) is 0 Å². The molecule has 2 aromatic carbocycles. The highest BCUT2D eigenvalue weighted by Crippen LogP contribution is 2.28. The van der Waals surface area contributed by atoms with Crippen LogP contribution in [0.1, 0.15) is 11.1 Å². The van der Waals surface area contributed by atoms with Crippen LogP contribution < -0.4 is 10.5 Å². The number of aryl methyl sites for hydroxylation is 2. The highest BCUT2D eigenvalue weighted by Gasteiger charge is 2.15. The van der Waals surface area contributed by atoms with Crippen LogP contribution in [0.5, 0.6) is 5.75 Å². The SMILES string of the molecule is COc1cccc(-c2nc3cc(C)c(C)cc3n2CC(N)=S)c1. The molecule has 23 heavy (non-hydrogen) atoms. The molecule has 0 amide bonds. The summed E-state index contributed by atoms with van der Waals surface area (Å²) in [5.41, 5.74) is 11.2. The van der Waals surface area contributed by atoms with E-state index in [1.807, 2.05) is 24.3 Å². The van der Waals surface area contributed by atoms with Crippen LogP contribution in [-0.4, -0.2) is 21.6 Å². The van der Waals surface area contributed by atoms with Gasteiger partial charge in [0.05, 0.1) is 29.7 Å². The van der Waals surface area contributed by atoms with E-state index in [2.05, 4.69) is 30.5 Å². The van der Waals surface area contributed by atoms with Gasteiger partial charge < -0.3 is 15.0 Å². The molecule has 0 aliphatic carbocycles. The summed E-state index contributed by atoms with van der Waals surface area (Å²) in [6, 6.07) is 12.1. The fourth-order valence-corrected chi connectivity index (χ4v) is 2.81. The quantitative estimate of drug-likeness (QED) is 0.745. The Morgan fingerprint density at radius 2 is 1.96 bits per heavy atom. The number of fused-ring (bicyclic) bond motifs is 1. The molecule has 5 heteroatoms. The third-order valence-electron chi connectivity index (χ3n) is 4.01. The maximum atomic E-state index is 5.80. The van der Waals surface area contributed by atoms with Crippen LogP contribution in [0.25, 0.3) is 22.4 Å². The van der Waals surface area contributed by atoms with Crippen LogP contribution in [0.3, 0.4) is 0 Å². The summed E-state index contributed by atoms with van der Waals surface area (Å²) in [4.78, 5) is 5.24. The zero-order valence-corrected chi connectivity index (χ0v) is 14.3. The minimum atomic E-state index is 0.437. The van der Waals surface area contributed by atoms with Crippen LogP contribution in [0.4, 0.5) is 0 Å². The molecule has 0 saturated heterocycles. The van der Waals surface area contributed by atoms with Gasteiger partial charge in [0.25, 0.3) is 0 Å². The number of rotatable bonds is 4. The van der Waals surface area contributed by atoms with Crippen LogP contribution >= 0.6 is 12.2 Å². The summed E-state index contributed by atoms with van der Waals surface area (Å²) < 4.78 is 7.39. The average molecular weight is 325 g/mol. The fraction of sp³-hybridized carbons (Fsp3) is 0.222. The number of hydrogen-bond donors (Lipinski definition) is 1. The van der Waals surface area contributed by atoms with Gasteiger partial charge in [-0.25, -0.2) is 4.98 Å². The van der Waals surface area contributed by atoms with Crippen molar-refractivity contribution in [3.63, 3.8) is 0 Å². The molecule has 0 bridgehead atoms. The second-order valence-corrected chi connectivity index (χ2v) is 6.17. The first kappa shape index (κ1) is 15.5. The molecule has 0 spiro atoms. The van der Waals surface area contributed by atoms with E-state index in [4.69, 9.17) is 27.7 Å². The van der Waals surface area contributed by atoms with Gasteiger partial charge in [0.2, 0.25) is 0 Å². The Morgan fingerprint density at radius 3 is 2.65 bits per heavy atom. The Hall–Kier alpha value is -2.40. The summed E-state index contributed by atoms with van der Waals surface area (Å²) in [6.07, 6.45) is 0. The topological polar surface area (TPSA) is 53.1 Å². The van der Waals surface area contributed by atoms with E-state index in [1.54, 1.807) is 7.11 Å². The van der Waals surface area contributed by atoms with Gasteiger partial charge in [0.1, 0.15) is 11.6 Å². The van der Waals surface area contributed by atoms with E-state index in [0.29, 0.717) is 11.5 Å². The Morgan fingerprint density at radius 1 is 1.22 bits per heavy atom. The predicted octanol–water partition coefficient (Wildman–Crippen LogP) is 3.61. The molecule has 1 heterocycles. The highest BCUT2D eigenvalue weighted by atomic mass is 32.1. The van der Waals surface area contributed by atoms with E-state index >= 15 is 0 Å². The first-order chi connectivity index (χ1) is 11.0.